The number of aliphatic hydroxyl groups excluding tert-OH is 1. The Labute approximate surface area is 166 Å². The lowest BCUT2D eigenvalue weighted by atomic mass is 9.99. The summed E-state index contributed by atoms with van der Waals surface area (Å²) < 4.78 is 42.3. The molecule has 0 saturated heterocycles. The Morgan fingerprint density at radius 3 is 2.41 bits per heavy atom. The van der Waals surface area contributed by atoms with Crippen molar-refractivity contribution in [1.82, 2.24) is 5.32 Å². The minimum Gasteiger partial charge on any atom is -0.493 e. The SMILES string of the molecule is CCOC(=O)[C@H](O)[C@@H](NC(=O)OCc1ccccc1)c1ccc(F)c(F)c1OC. The van der Waals surface area contributed by atoms with Crippen LogP contribution in [0.15, 0.2) is 42.5 Å². The van der Waals surface area contributed by atoms with Crippen LogP contribution in [0.25, 0.3) is 0 Å². The van der Waals surface area contributed by atoms with Crippen LogP contribution in [0.4, 0.5) is 13.6 Å². The highest BCUT2D eigenvalue weighted by Crippen LogP contribution is 2.32. The fraction of sp³-hybridized carbons (Fsp3) is 0.300. The minimum atomic E-state index is -1.92. The summed E-state index contributed by atoms with van der Waals surface area (Å²) in [6.07, 6.45) is -2.91. The first-order valence-corrected chi connectivity index (χ1v) is 8.72. The maximum atomic E-state index is 14.1. The molecule has 0 aliphatic carbocycles. The first-order valence-electron chi connectivity index (χ1n) is 8.72. The van der Waals surface area contributed by atoms with E-state index in [2.05, 4.69) is 5.32 Å². The van der Waals surface area contributed by atoms with E-state index >= 15 is 0 Å². The first-order chi connectivity index (χ1) is 13.9. The molecule has 0 saturated carbocycles. The van der Waals surface area contributed by atoms with Gasteiger partial charge in [-0.15, -0.1) is 0 Å². The third kappa shape index (κ3) is 5.64. The van der Waals surface area contributed by atoms with Crippen LogP contribution in [0.2, 0.25) is 0 Å². The number of aliphatic hydroxyl groups is 1. The maximum Gasteiger partial charge on any atom is 0.408 e. The van der Waals surface area contributed by atoms with Gasteiger partial charge < -0.3 is 24.6 Å². The van der Waals surface area contributed by atoms with Crippen LogP contribution in [0.1, 0.15) is 24.1 Å². The summed E-state index contributed by atoms with van der Waals surface area (Å²) in [5.74, 6) is -4.15. The second-order valence-corrected chi connectivity index (χ2v) is 5.86. The lowest BCUT2D eigenvalue weighted by Crippen LogP contribution is -2.41. The fourth-order valence-corrected chi connectivity index (χ4v) is 2.58. The van der Waals surface area contributed by atoms with E-state index in [0.29, 0.717) is 5.56 Å². The zero-order chi connectivity index (χ0) is 21.4. The molecule has 2 rings (SSSR count). The number of benzene rings is 2. The van der Waals surface area contributed by atoms with E-state index in [0.717, 1.165) is 19.2 Å². The molecule has 156 valence electrons. The minimum absolute atomic E-state index is 0.0318. The molecule has 29 heavy (non-hydrogen) atoms. The predicted molar refractivity (Wildman–Crippen MR) is 98.1 cm³/mol. The van der Waals surface area contributed by atoms with Crippen molar-refractivity contribution in [2.24, 2.45) is 0 Å². The van der Waals surface area contributed by atoms with Gasteiger partial charge in [-0.25, -0.2) is 14.0 Å². The van der Waals surface area contributed by atoms with Gasteiger partial charge in [-0.3, -0.25) is 0 Å². The Bertz CT molecular complexity index is 846. The molecule has 0 radical (unpaired) electrons. The predicted octanol–water partition coefficient (Wildman–Crippen LogP) is 2.86. The Hall–Kier alpha value is -3.20. The zero-order valence-electron chi connectivity index (χ0n) is 15.9. The highest BCUT2D eigenvalue weighted by molar-refractivity contribution is 5.77. The molecule has 1 amide bonds. The topological polar surface area (TPSA) is 94.1 Å². The molecule has 2 atom stereocenters. The van der Waals surface area contributed by atoms with E-state index < -0.39 is 41.6 Å². The van der Waals surface area contributed by atoms with Gasteiger partial charge in [0.1, 0.15) is 6.61 Å². The average molecular weight is 409 g/mol. The van der Waals surface area contributed by atoms with E-state index in [9.17, 15) is 23.5 Å². The van der Waals surface area contributed by atoms with Crippen LogP contribution >= 0.6 is 0 Å². The number of nitrogens with one attached hydrogen (secondary N) is 1. The Morgan fingerprint density at radius 1 is 1.10 bits per heavy atom. The van der Waals surface area contributed by atoms with Gasteiger partial charge in [0, 0.05) is 5.56 Å². The second kappa shape index (κ2) is 10.4. The number of carbonyl (C=O) groups excluding carboxylic acids is 2. The van der Waals surface area contributed by atoms with Crippen LogP contribution in [0.3, 0.4) is 0 Å². The summed E-state index contributed by atoms with van der Waals surface area (Å²) in [4.78, 5) is 24.2. The lowest BCUT2D eigenvalue weighted by Gasteiger charge is -2.24. The van der Waals surface area contributed by atoms with E-state index in [1.165, 1.54) is 6.92 Å². The molecule has 0 unspecified atom stereocenters. The molecule has 0 aromatic heterocycles. The normalized spacial score (nSPS) is 12.6. The van der Waals surface area contributed by atoms with Crippen molar-refractivity contribution in [3.63, 3.8) is 0 Å². The largest absolute Gasteiger partial charge is 0.493 e. The average Bonchev–Trinajstić information content (AvgIpc) is 2.73. The van der Waals surface area contributed by atoms with Crippen molar-refractivity contribution in [1.29, 1.82) is 0 Å². The van der Waals surface area contributed by atoms with Gasteiger partial charge in [-0.05, 0) is 18.6 Å². The molecule has 2 aromatic rings. The first kappa shape index (κ1) is 22.1. The van der Waals surface area contributed by atoms with Gasteiger partial charge in [0.15, 0.2) is 17.7 Å². The monoisotopic (exact) mass is 409 g/mol. The molecular weight excluding hydrogens is 388 g/mol. The number of carbonyl (C=O) groups is 2. The van der Waals surface area contributed by atoms with Crippen molar-refractivity contribution in [2.75, 3.05) is 13.7 Å². The molecule has 0 bridgehead atoms. The van der Waals surface area contributed by atoms with Crippen molar-refractivity contribution in [3.05, 3.63) is 65.2 Å². The van der Waals surface area contributed by atoms with Crippen LogP contribution < -0.4 is 10.1 Å². The third-order valence-electron chi connectivity index (χ3n) is 3.95. The molecule has 0 heterocycles. The van der Waals surface area contributed by atoms with Crippen LogP contribution in [-0.4, -0.2) is 37.0 Å². The summed E-state index contributed by atoms with van der Waals surface area (Å²) >= 11 is 0. The molecule has 0 spiro atoms. The molecule has 0 fully saturated rings. The van der Waals surface area contributed by atoms with E-state index in [1.807, 2.05) is 0 Å². The highest BCUT2D eigenvalue weighted by atomic mass is 19.2. The highest BCUT2D eigenvalue weighted by Gasteiger charge is 2.34. The van der Waals surface area contributed by atoms with Gasteiger partial charge in [0.05, 0.1) is 19.8 Å². The molecular formula is C20H21F2NO6. The molecule has 0 aliphatic rings. The van der Waals surface area contributed by atoms with Gasteiger partial charge in [-0.1, -0.05) is 36.4 Å². The van der Waals surface area contributed by atoms with Crippen molar-refractivity contribution in [2.45, 2.75) is 25.7 Å². The number of methoxy groups -OCH3 is 1. The third-order valence-corrected chi connectivity index (χ3v) is 3.95. The lowest BCUT2D eigenvalue weighted by molar-refractivity contribution is -0.154. The van der Waals surface area contributed by atoms with E-state index in [-0.39, 0.29) is 18.8 Å². The van der Waals surface area contributed by atoms with Gasteiger partial charge in [-0.2, -0.15) is 4.39 Å². The molecule has 9 heteroatoms. The second-order valence-electron chi connectivity index (χ2n) is 5.86. The van der Waals surface area contributed by atoms with Gasteiger partial charge in [0.25, 0.3) is 0 Å². The number of hydrogen-bond donors (Lipinski definition) is 2. The number of halogens is 2. The van der Waals surface area contributed by atoms with Gasteiger partial charge in [0.2, 0.25) is 5.82 Å². The number of esters is 1. The zero-order valence-corrected chi connectivity index (χ0v) is 15.9. The van der Waals surface area contributed by atoms with E-state index in [1.54, 1.807) is 30.3 Å². The number of alkyl carbamates (subject to hydrolysis) is 1. The molecule has 7 nitrogen and oxygen atoms in total. The van der Waals surface area contributed by atoms with Crippen LogP contribution in [-0.2, 0) is 20.9 Å². The molecule has 2 aromatic carbocycles. The van der Waals surface area contributed by atoms with Crippen LogP contribution in [0.5, 0.6) is 5.75 Å². The smallest absolute Gasteiger partial charge is 0.408 e. The fourth-order valence-electron chi connectivity index (χ4n) is 2.58. The van der Waals surface area contributed by atoms with Crippen molar-refractivity contribution in [3.8, 4) is 5.75 Å². The summed E-state index contributed by atoms with van der Waals surface area (Å²) in [6.45, 7) is 1.42. The number of rotatable bonds is 8. The van der Waals surface area contributed by atoms with Crippen molar-refractivity contribution >= 4 is 12.1 Å². The van der Waals surface area contributed by atoms with Crippen molar-refractivity contribution < 1.29 is 37.7 Å². The maximum absolute atomic E-state index is 14.1. The summed E-state index contributed by atoms with van der Waals surface area (Å²) in [5, 5.41) is 12.6. The Kier molecular flexibility index (Phi) is 7.90. The summed E-state index contributed by atoms with van der Waals surface area (Å²) in [6, 6.07) is 9.14. The van der Waals surface area contributed by atoms with Crippen LogP contribution in [0, 0.1) is 11.6 Å². The number of amides is 1. The summed E-state index contributed by atoms with van der Waals surface area (Å²) in [7, 11) is 1.09. The number of hydrogen-bond acceptors (Lipinski definition) is 6. The summed E-state index contributed by atoms with van der Waals surface area (Å²) in [5.41, 5.74) is 0.541. The quantitative estimate of drug-likeness (QED) is 0.652. The Morgan fingerprint density at radius 2 is 1.79 bits per heavy atom. The van der Waals surface area contributed by atoms with Gasteiger partial charge >= 0.3 is 12.1 Å². The van der Waals surface area contributed by atoms with E-state index in [4.69, 9.17) is 14.2 Å². The number of ether oxygens (including phenoxy) is 3. The molecule has 2 N–H and O–H groups in total. The Balaban J connectivity index is 2.27. The molecule has 0 aliphatic heterocycles. The standard InChI is InChI=1S/C20H21F2NO6/c1-3-28-19(25)17(24)16(13-9-10-14(21)15(22)18(13)27-2)23-20(26)29-11-12-7-5-4-6-8-12/h4-10,16-17,24H,3,11H2,1-2H3,(H,23,26)/t16-,17+/m0/s1.